The first kappa shape index (κ1) is 16.3. The molecular formula is C19H27N3OS. The van der Waals surface area contributed by atoms with Crippen molar-refractivity contribution in [3.05, 3.63) is 27.1 Å². The fourth-order valence-corrected chi connectivity index (χ4v) is 5.78. The summed E-state index contributed by atoms with van der Waals surface area (Å²) in [4.78, 5) is 22.4. The Bertz CT molecular complexity index is 784. The van der Waals surface area contributed by atoms with Gasteiger partial charge in [0.2, 0.25) is 0 Å². The van der Waals surface area contributed by atoms with Gasteiger partial charge in [-0.15, -0.1) is 11.3 Å². The second-order valence-corrected chi connectivity index (χ2v) is 8.92. The van der Waals surface area contributed by atoms with Crippen LogP contribution in [0.3, 0.4) is 0 Å². The third-order valence-electron chi connectivity index (χ3n) is 5.54. The number of piperidine rings is 1. The number of likely N-dealkylation sites (tertiary alicyclic amines) is 1. The fourth-order valence-electron chi connectivity index (χ4n) is 4.56. The van der Waals surface area contributed by atoms with Gasteiger partial charge in [0.1, 0.15) is 4.83 Å². The van der Waals surface area contributed by atoms with Crippen LogP contribution in [0, 0.1) is 11.8 Å². The monoisotopic (exact) mass is 345 g/mol. The molecule has 3 heterocycles. The van der Waals surface area contributed by atoms with E-state index >= 15 is 0 Å². The van der Waals surface area contributed by atoms with E-state index in [0.717, 1.165) is 61.1 Å². The van der Waals surface area contributed by atoms with E-state index < -0.39 is 0 Å². The van der Waals surface area contributed by atoms with E-state index in [1.807, 2.05) is 4.57 Å². The Labute approximate surface area is 147 Å². The summed E-state index contributed by atoms with van der Waals surface area (Å²) in [6.45, 7) is 8.69. The third-order valence-corrected chi connectivity index (χ3v) is 6.74. The summed E-state index contributed by atoms with van der Waals surface area (Å²) in [5.41, 5.74) is 1.48. The lowest BCUT2D eigenvalue weighted by molar-refractivity contribution is 0.136. The van der Waals surface area contributed by atoms with Crippen LogP contribution < -0.4 is 5.56 Å². The Kier molecular flexibility index (Phi) is 4.48. The predicted octanol–water partition coefficient (Wildman–Crippen LogP) is 3.31. The van der Waals surface area contributed by atoms with Crippen molar-refractivity contribution >= 4 is 21.6 Å². The van der Waals surface area contributed by atoms with E-state index in [2.05, 4.69) is 23.7 Å². The minimum absolute atomic E-state index is 0.178. The molecule has 2 aromatic heterocycles. The Morgan fingerprint density at radius 1 is 1.17 bits per heavy atom. The van der Waals surface area contributed by atoms with E-state index in [1.165, 1.54) is 29.7 Å². The van der Waals surface area contributed by atoms with Gasteiger partial charge < -0.3 is 4.90 Å². The lowest BCUT2D eigenvalue weighted by Gasteiger charge is -2.34. The number of thiophene rings is 1. The van der Waals surface area contributed by atoms with Gasteiger partial charge in [0, 0.05) is 31.1 Å². The molecule has 0 unspecified atom stereocenters. The SMILES string of the molecule is C[C@H]1C[C@H](C)CN(CCn2cnc3sc4c(c3c2=O)CCCC4)C1. The number of nitrogens with zero attached hydrogens (tertiary/aromatic N) is 3. The highest BCUT2D eigenvalue weighted by Gasteiger charge is 2.22. The van der Waals surface area contributed by atoms with Gasteiger partial charge >= 0.3 is 0 Å². The number of rotatable bonds is 3. The highest BCUT2D eigenvalue weighted by atomic mass is 32.1. The number of fused-ring (bicyclic) bond motifs is 3. The number of hydrogen-bond donors (Lipinski definition) is 0. The average Bonchev–Trinajstić information content (AvgIpc) is 2.92. The molecule has 2 aliphatic rings. The molecule has 0 N–H and O–H groups in total. The molecule has 0 aromatic carbocycles. The molecule has 24 heavy (non-hydrogen) atoms. The zero-order chi connectivity index (χ0) is 16.7. The standard InChI is InChI=1S/C19H27N3OS/c1-13-9-14(2)11-21(10-13)7-8-22-12-20-18-17(19(22)23)15-5-3-4-6-16(15)24-18/h12-14H,3-11H2,1-2H3/t13-,14-/m0/s1. The van der Waals surface area contributed by atoms with Crippen LogP contribution in [0.1, 0.15) is 43.6 Å². The summed E-state index contributed by atoms with van der Waals surface area (Å²) in [5, 5.41) is 0.914. The quantitative estimate of drug-likeness (QED) is 0.856. The normalized spacial score (nSPS) is 25.1. The molecule has 1 aliphatic heterocycles. The Morgan fingerprint density at radius 2 is 1.92 bits per heavy atom. The smallest absolute Gasteiger partial charge is 0.262 e. The topological polar surface area (TPSA) is 38.1 Å². The van der Waals surface area contributed by atoms with Crippen molar-refractivity contribution in [2.75, 3.05) is 19.6 Å². The summed E-state index contributed by atoms with van der Waals surface area (Å²) in [6, 6.07) is 0. The minimum Gasteiger partial charge on any atom is -0.301 e. The maximum absolute atomic E-state index is 13.0. The second-order valence-electron chi connectivity index (χ2n) is 7.84. The maximum Gasteiger partial charge on any atom is 0.262 e. The highest BCUT2D eigenvalue weighted by molar-refractivity contribution is 7.18. The van der Waals surface area contributed by atoms with Gasteiger partial charge in [-0.1, -0.05) is 13.8 Å². The summed E-state index contributed by atoms with van der Waals surface area (Å²) in [7, 11) is 0. The van der Waals surface area contributed by atoms with Crippen LogP contribution in [0.5, 0.6) is 0 Å². The molecule has 0 spiro atoms. The summed E-state index contributed by atoms with van der Waals surface area (Å²) < 4.78 is 1.84. The van der Waals surface area contributed by atoms with Crippen LogP contribution >= 0.6 is 11.3 Å². The molecule has 0 saturated carbocycles. The van der Waals surface area contributed by atoms with Gasteiger partial charge in [-0.25, -0.2) is 4.98 Å². The predicted molar refractivity (Wildman–Crippen MR) is 99.9 cm³/mol. The van der Waals surface area contributed by atoms with E-state index in [9.17, 15) is 4.79 Å². The van der Waals surface area contributed by atoms with Crippen LogP contribution in [-0.2, 0) is 19.4 Å². The van der Waals surface area contributed by atoms with E-state index in [1.54, 1.807) is 17.7 Å². The van der Waals surface area contributed by atoms with Gasteiger partial charge in [0.05, 0.1) is 11.7 Å². The molecule has 1 fully saturated rings. The third kappa shape index (κ3) is 3.04. The molecule has 0 amide bonds. The molecule has 130 valence electrons. The van der Waals surface area contributed by atoms with Gasteiger partial charge in [0.15, 0.2) is 0 Å². The fraction of sp³-hybridized carbons (Fsp3) is 0.684. The van der Waals surface area contributed by atoms with Crippen molar-refractivity contribution in [1.29, 1.82) is 0 Å². The zero-order valence-electron chi connectivity index (χ0n) is 14.8. The molecule has 1 aliphatic carbocycles. The summed E-state index contributed by atoms with van der Waals surface area (Å²) >= 11 is 1.73. The molecule has 0 bridgehead atoms. The lowest BCUT2D eigenvalue weighted by Crippen LogP contribution is -2.41. The van der Waals surface area contributed by atoms with Gasteiger partial charge in [-0.2, -0.15) is 0 Å². The maximum atomic E-state index is 13.0. The molecule has 2 atom stereocenters. The van der Waals surface area contributed by atoms with Crippen molar-refractivity contribution in [2.24, 2.45) is 11.8 Å². The Balaban J connectivity index is 1.56. The summed E-state index contributed by atoms with van der Waals surface area (Å²) in [5.74, 6) is 1.52. The molecule has 2 aromatic rings. The Hall–Kier alpha value is -1.20. The van der Waals surface area contributed by atoms with Crippen molar-refractivity contribution < 1.29 is 0 Å². The lowest BCUT2D eigenvalue weighted by atomic mass is 9.92. The molecular weight excluding hydrogens is 318 g/mol. The van der Waals surface area contributed by atoms with Crippen LogP contribution in [-0.4, -0.2) is 34.1 Å². The first-order valence-electron chi connectivity index (χ1n) is 9.34. The van der Waals surface area contributed by atoms with Crippen molar-refractivity contribution in [3.8, 4) is 0 Å². The molecule has 4 rings (SSSR count). The largest absolute Gasteiger partial charge is 0.301 e. The molecule has 0 radical (unpaired) electrons. The van der Waals surface area contributed by atoms with Crippen LogP contribution in [0.15, 0.2) is 11.1 Å². The van der Waals surface area contributed by atoms with Crippen LogP contribution in [0.4, 0.5) is 0 Å². The number of aryl methyl sites for hydroxylation is 2. The van der Waals surface area contributed by atoms with E-state index in [0.29, 0.717) is 0 Å². The van der Waals surface area contributed by atoms with E-state index in [4.69, 9.17) is 0 Å². The first-order chi connectivity index (χ1) is 11.6. The highest BCUT2D eigenvalue weighted by Crippen LogP contribution is 2.33. The number of aromatic nitrogens is 2. The second kappa shape index (κ2) is 6.60. The minimum atomic E-state index is 0.178. The molecule has 4 nitrogen and oxygen atoms in total. The van der Waals surface area contributed by atoms with Crippen molar-refractivity contribution in [3.63, 3.8) is 0 Å². The van der Waals surface area contributed by atoms with Crippen LogP contribution in [0.25, 0.3) is 10.2 Å². The average molecular weight is 346 g/mol. The zero-order valence-corrected chi connectivity index (χ0v) is 15.6. The van der Waals surface area contributed by atoms with Crippen molar-refractivity contribution in [2.45, 2.75) is 52.5 Å². The molecule has 5 heteroatoms. The van der Waals surface area contributed by atoms with Gasteiger partial charge in [0.25, 0.3) is 5.56 Å². The van der Waals surface area contributed by atoms with Gasteiger partial charge in [-0.3, -0.25) is 9.36 Å². The summed E-state index contributed by atoms with van der Waals surface area (Å²) in [6.07, 6.45) is 7.72. The van der Waals surface area contributed by atoms with Crippen LogP contribution in [0.2, 0.25) is 0 Å². The Morgan fingerprint density at radius 3 is 2.71 bits per heavy atom. The molecule has 1 saturated heterocycles. The number of hydrogen-bond acceptors (Lipinski definition) is 4. The van der Waals surface area contributed by atoms with Crippen molar-refractivity contribution in [1.82, 2.24) is 14.5 Å². The first-order valence-corrected chi connectivity index (χ1v) is 10.2. The van der Waals surface area contributed by atoms with E-state index in [-0.39, 0.29) is 5.56 Å². The van der Waals surface area contributed by atoms with Gasteiger partial charge in [-0.05, 0) is 49.5 Å².